The third-order valence-electron chi connectivity index (χ3n) is 4.35. The fraction of sp³-hybridized carbons (Fsp3) is 0.250. The van der Waals surface area contributed by atoms with Gasteiger partial charge in [-0.25, -0.2) is 4.79 Å². The van der Waals surface area contributed by atoms with Gasteiger partial charge in [-0.05, 0) is 36.4 Å². The second-order valence-electron chi connectivity index (χ2n) is 6.30. The Morgan fingerprint density at radius 1 is 0.889 bits per heavy atom. The molecule has 0 aliphatic carbocycles. The zero-order chi connectivity index (χ0) is 19.1. The number of hydrogen-bond donors (Lipinski definition) is 2. The molecule has 7 nitrogen and oxygen atoms in total. The van der Waals surface area contributed by atoms with E-state index in [9.17, 15) is 9.59 Å². The molecule has 3 rings (SSSR count). The van der Waals surface area contributed by atoms with E-state index in [-0.39, 0.29) is 11.9 Å². The van der Waals surface area contributed by atoms with E-state index < -0.39 is 0 Å². The lowest BCUT2D eigenvalue weighted by molar-refractivity contribution is -0.117. The molecular weight excluding hydrogens is 342 g/mol. The minimum Gasteiger partial charge on any atom is -0.325 e. The maximum Gasteiger partial charge on any atom is 0.321 e. The number of para-hydroxylation sites is 1. The molecule has 3 amide bonds. The smallest absolute Gasteiger partial charge is 0.321 e. The number of carbonyl (C=O) groups is 2. The van der Waals surface area contributed by atoms with Crippen molar-refractivity contribution >= 4 is 23.3 Å². The van der Waals surface area contributed by atoms with Gasteiger partial charge in [0.2, 0.25) is 5.91 Å². The Kier molecular flexibility index (Phi) is 6.02. The van der Waals surface area contributed by atoms with E-state index in [1.54, 1.807) is 29.2 Å². The number of anilines is 2. The van der Waals surface area contributed by atoms with E-state index in [0.717, 1.165) is 5.69 Å². The summed E-state index contributed by atoms with van der Waals surface area (Å²) in [5.74, 6) is -0.0586. The SMILES string of the molecule is N#Cc1ccc(NC(=O)N2CCN(CC(=O)Nc3ccccc3)CC2)cc1. The van der Waals surface area contributed by atoms with Gasteiger partial charge in [0.05, 0.1) is 18.2 Å². The summed E-state index contributed by atoms with van der Waals surface area (Å²) in [5, 5.41) is 14.5. The minimum absolute atomic E-state index is 0.0586. The van der Waals surface area contributed by atoms with Gasteiger partial charge in [-0.1, -0.05) is 18.2 Å². The molecule has 27 heavy (non-hydrogen) atoms. The number of rotatable bonds is 4. The van der Waals surface area contributed by atoms with Crippen LogP contribution in [0.2, 0.25) is 0 Å². The maximum absolute atomic E-state index is 12.3. The summed E-state index contributed by atoms with van der Waals surface area (Å²) in [6, 6.07) is 18.0. The van der Waals surface area contributed by atoms with Crippen LogP contribution in [-0.2, 0) is 4.79 Å². The molecule has 1 aliphatic heterocycles. The Hall–Kier alpha value is -3.37. The summed E-state index contributed by atoms with van der Waals surface area (Å²) >= 11 is 0. The molecule has 138 valence electrons. The standard InChI is InChI=1S/C20H21N5O2/c21-14-16-6-8-18(9-7-16)23-20(27)25-12-10-24(11-13-25)15-19(26)22-17-4-2-1-3-5-17/h1-9H,10-13,15H2,(H,22,26)(H,23,27). The number of carbonyl (C=O) groups excluding carboxylic acids is 2. The Balaban J connectivity index is 1.43. The predicted molar refractivity (Wildman–Crippen MR) is 103 cm³/mol. The van der Waals surface area contributed by atoms with Crippen LogP contribution in [0.3, 0.4) is 0 Å². The Bertz CT molecular complexity index is 822. The van der Waals surface area contributed by atoms with Gasteiger partial charge >= 0.3 is 6.03 Å². The fourth-order valence-corrected chi connectivity index (χ4v) is 2.86. The highest BCUT2D eigenvalue weighted by Gasteiger charge is 2.22. The van der Waals surface area contributed by atoms with Gasteiger partial charge in [0.1, 0.15) is 0 Å². The van der Waals surface area contributed by atoms with Crippen LogP contribution in [0.5, 0.6) is 0 Å². The van der Waals surface area contributed by atoms with Gasteiger partial charge in [0, 0.05) is 37.6 Å². The van der Waals surface area contributed by atoms with Crippen LogP contribution in [0.25, 0.3) is 0 Å². The van der Waals surface area contributed by atoms with E-state index >= 15 is 0 Å². The minimum atomic E-state index is -0.173. The van der Waals surface area contributed by atoms with Crippen molar-refractivity contribution in [2.45, 2.75) is 0 Å². The van der Waals surface area contributed by atoms with Gasteiger partial charge in [-0.15, -0.1) is 0 Å². The lowest BCUT2D eigenvalue weighted by Crippen LogP contribution is -2.51. The van der Waals surface area contributed by atoms with Crippen LogP contribution >= 0.6 is 0 Å². The first-order chi connectivity index (χ1) is 13.1. The molecule has 0 atom stereocenters. The van der Waals surface area contributed by atoms with Gasteiger partial charge < -0.3 is 15.5 Å². The van der Waals surface area contributed by atoms with Gasteiger partial charge in [0.25, 0.3) is 0 Å². The first-order valence-corrected chi connectivity index (χ1v) is 8.77. The number of urea groups is 1. The molecule has 0 bridgehead atoms. The Morgan fingerprint density at radius 3 is 2.15 bits per heavy atom. The van der Waals surface area contributed by atoms with Crippen molar-refractivity contribution in [1.29, 1.82) is 5.26 Å². The van der Waals surface area contributed by atoms with E-state index in [1.165, 1.54) is 0 Å². The Labute approximate surface area is 158 Å². The van der Waals surface area contributed by atoms with Crippen LogP contribution in [0.1, 0.15) is 5.56 Å². The topological polar surface area (TPSA) is 88.5 Å². The third kappa shape index (κ3) is 5.30. The van der Waals surface area contributed by atoms with Crippen LogP contribution in [0.15, 0.2) is 54.6 Å². The summed E-state index contributed by atoms with van der Waals surface area (Å²) in [4.78, 5) is 28.2. The molecule has 1 heterocycles. The summed E-state index contributed by atoms with van der Waals surface area (Å²) in [5.41, 5.74) is 1.99. The molecule has 0 spiro atoms. The molecule has 2 aromatic rings. The molecule has 1 fully saturated rings. The summed E-state index contributed by atoms with van der Waals surface area (Å²) in [6.45, 7) is 2.70. The number of nitrogens with one attached hydrogen (secondary N) is 2. The quantitative estimate of drug-likeness (QED) is 0.873. The number of benzene rings is 2. The molecule has 0 saturated carbocycles. The summed E-state index contributed by atoms with van der Waals surface area (Å²) < 4.78 is 0. The Morgan fingerprint density at radius 2 is 1.52 bits per heavy atom. The van der Waals surface area contributed by atoms with Crippen molar-refractivity contribution in [2.24, 2.45) is 0 Å². The molecule has 1 saturated heterocycles. The molecule has 2 N–H and O–H groups in total. The second kappa shape index (κ2) is 8.83. The normalized spacial score (nSPS) is 14.3. The van der Waals surface area contributed by atoms with E-state index in [0.29, 0.717) is 44.0 Å². The first-order valence-electron chi connectivity index (χ1n) is 8.77. The highest BCUT2D eigenvalue weighted by molar-refractivity contribution is 5.92. The number of nitriles is 1. The van der Waals surface area contributed by atoms with Crippen molar-refractivity contribution in [3.63, 3.8) is 0 Å². The lowest BCUT2D eigenvalue weighted by atomic mass is 10.2. The van der Waals surface area contributed by atoms with E-state index in [2.05, 4.69) is 10.6 Å². The molecular formula is C20H21N5O2. The van der Waals surface area contributed by atoms with Crippen LogP contribution < -0.4 is 10.6 Å². The third-order valence-corrected chi connectivity index (χ3v) is 4.35. The number of nitrogens with zero attached hydrogens (tertiary/aromatic N) is 3. The average molecular weight is 363 g/mol. The van der Waals surface area contributed by atoms with Crippen LogP contribution in [0, 0.1) is 11.3 Å². The average Bonchev–Trinajstić information content (AvgIpc) is 2.70. The zero-order valence-electron chi connectivity index (χ0n) is 14.9. The second-order valence-corrected chi connectivity index (χ2v) is 6.30. The van der Waals surface area contributed by atoms with Crippen molar-refractivity contribution in [2.75, 3.05) is 43.4 Å². The molecule has 1 aliphatic rings. The number of amides is 3. The maximum atomic E-state index is 12.3. The molecule has 2 aromatic carbocycles. The fourth-order valence-electron chi connectivity index (χ4n) is 2.86. The monoisotopic (exact) mass is 363 g/mol. The van der Waals surface area contributed by atoms with E-state index in [4.69, 9.17) is 5.26 Å². The predicted octanol–water partition coefficient (Wildman–Crippen LogP) is 2.35. The zero-order valence-corrected chi connectivity index (χ0v) is 14.9. The van der Waals surface area contributed by atoms with Gasteiger partial charge in [0.15, 0.2) is 0 Å². The molecule has 0 aromatic heterocycles. The summed E-state index contributed by atoms with van der Waals surface area (Å²) in [6.07, 6.45) is 0. The van der Waals surface area contributed by atoms with Crippen molar-refractivity contribution in [1.82, 2.24) is 9.80 Å². The van der Waals surface area contributed by atoms with Crippen molar-refractivity contribution in [3.8, 4) is 6.07 Å². The number of piperazine rings is 1. The number of hydrogen-bond acceptors (Lipinski definition) is 4. The first kappa shape index (κ1) is 18.4. The van der Waals surface area contributed by atoms with Gasteiger partial charge in [-0.3, -0.25) is 9.69 Å². The van der Waals surface area contributed by atoms with Crippen molar-refractivity contribution in [3.05, 3.63) is 60.2 Å². The highest BCUT2D eigenvalue weighted by Crippen LogP contribution is 2.11. The van der Waals surface area contributed by atoms with Crippen molar-refractivity contribution < 1.29 is 9.59 Å². The van der Waals surface area contributed by atoms with Crippen LogP contribution in [0.4, 0.5) is 16.2 Å². The largest absolute Gasteiger partial charge is 0.325 e. The molecule has 0 unspecified atom stereocenters. The molecule has 7 heteroatoms. The van der Waals surface area contributed by atoms with E-state index in [1.807, 2.05) is 41.3 Å². The lowest BCUT2D eigenvalue weighted by Gasteiger charge is -2.34. The highest BCUT2D eigenvalue weighted by atomic mass is 16.2. The van der Waals surface area contributed by atoms with Gasteiger partial charge in [-0.2, -0.15) is 5.26 Å². The summed E-state index contributed by atoms with van der Waals surface area (Å²) in [7, 11) is 0. The van der Waals surface area contributed by atoms with Crippen LogP contribution in [-0.4, -0.2) is 54.5 Å². The molecule has 0 radical (unpaired) electrons.